The van der Waals surface area contributed by atoms with Gasteiger partial charge in [0, 0.05) is 6.04 Å². The van der Waals surface area contributed by atoms with Crippen LogP contribution in [-0.2, 0) is 4.79 Å². The molecule has 1 amide bonds. The van der Waals surface area contributed by atoms with Gasteiger partial charge in [-0.15, -0.1) is 5.10 Å². The molecule has 142 valence electrons. The number of thioether (sulfide) groups is 1. The molecule has 0 radical (unpaired) electrons. The van der Waals surface area contributed by atoms with Crippen molar-refractivity contribution in [2.75, 3.05) is 5.75 Å². The predicted octanol–water partition coefficient (Wildman–Crippen LogP) is 3.70. The number of rotatable bonds is 9. The highest BCUT2D eigenvalue weighted by Crippen LogP contribution is 2.22. The van der Waals surface area contributed by atoms with Gasteiger partial charge in [-0.2, -0.15) is 4.68 Å². The number of carbonyl (C=O) groups excluding carboxylic acids is 1. The van der Waals surface area contributed by atoms with Gasteiger partial charge in [0.05, 0.1) is 11.4 Å². The summed E-state index contributed by atoms with van der Waals surface area (Å²) in [7, 11) is 0. The highest BCUT2D eigenvalue weighted by Gasteiger charge is 2.14. The number of benzene rings is 1. The van der Waals surface area contributed by atoms with Crippen molar-refractivity contribution in [2.45, 2.75) is 65.1 Å². The Bertz CT molecular complexity index is 728. The van der Waals surface area contributed by atoms with Gasteiger partial charge in [0.15, 0.2) is 0 Å². The smallest absolute Gasteiger partial charge is 0.230 e. The molecule has 0 saturated carbocycles. The summed E-state index contributed by atoms with van der Waals surface area (Å²) < 4.78 is 1.70. The second-order valence-electron chi connectivity index (χ2n) is 7.17. The van der Waals surface area contributed by atoms with Crippen molar-refractivity contribution in [2.24, 2.45) is 5.92 Å². The van der Waals surface area contributed by atoms with Crippen molar-refractivity contribution in [1.29, 1.82) is 0 Å². The molecule has 26 heavy (non-hydrogen) atoms. The molecular weight excluding hydrogens is 346 g/mol. The van der Waals surface area contributed by atoms with Crippen LogP contribution in [0.15, 0.2) is 23.4 Å². The largest absolute Gasteiger partial charge is 0.353 e. The predicted molar refractivity (Wildman–Crippen MR) is 106 cm³/mol. The van der Waals surface area contributed by atoms with E-state index < -0.39 is 0 Å². The molecular formula is C19H29N5OS. The number of carbonyl (C=O) groups is 1. The van der Waals surface area contributed by atoms with E-state index >= 15 is 0 Å². The van der Waals surface area contributed by atoms with E-state index in [0.717, 1.165) is 24.1 Å². The quantitative estimate of drug-likeness (QED) is 0.677. The van der Waals surface area contributed by atoms with Crippen LogP contribution in [0.3, 0.4) is 0 Å². The first kappa shape index (κ1) is 20.4. The lowest BCUT2D eigenvalue weighted by atomic mass is 10.0. The minimum atomic E-state index is 0.0163. The topological polar surface area (TPSA) is 72.7 Å². The molecule has 7 heteroatoms. The van der Waals surface area contributed by atoms with Crippen molar-refractivity contribution in [3.05, 3.63) is 29.3 Å². The highest BCUT2D eigenvalue weighted by atomic mass is 32.2. The van der Waals surface area contributed by atoms with E-state index in [1.807, 2.05) is 19.1 Å². The molecule has 1 unspecified atom stereocenters. The number of amides is 1. The second-order valence-corrected chi connectivity index (χ2v) is 8.12. The fraction of sp³-hybridized carbons (Fsp3) is 0.579. The number of hydrogen-bond donors (Lipinski definition) is 1. The first-order chi connectivity index (χ1) is 12.4. The van der Waals surface area contributed by atoms with Crippen LogP contribution in [0, 0.1) is 19.8 Å². The van der Waals surface area contributed by atoms with Gasteiger partial charge in [0.1, 0.15) is 0 Å². The normalized spacial score (nSPS) is 12.4. The van der Waals surface area contributed by atoms with E-state index in [1.165, 1.54) is 23.7 Å². The number of hydrogen-bond acceptors (Lipinski definition) is 5. The molecule has 1 atom stereocenters. The van der Waals surface area contributed by atoms with Crippen LogP contribution in [0.4, 0.5) is 0 Å². The lowest BCUT2D eigenvalue weighted by Gasteiger charge is -2.14. The third kappa shape index (κ3) is 5.83. The van der Waals surface area contributed by atoms with Crippen LogP contribution in [-0.4, -0.2) is 37.9 Å². The summed E-state index contributed by atoms with van der Waals surface area (Å²) in [5.41, 5.74) is 3.26. The summed E-state index contributed by atoms with van der Waals surface area (Å²) in [6, 6.07) is 6.22. The molecule has 6 nitrogen and oxygen atoms in total. The van der Waals surface area contributed by atoms with Crippen LogP contribution < -0.4 is 5.32 Å². The fourth-order valence-corrected chi connectivity index (χ4v) is 3.43. The Labute approximate surface area is 160 Å². The Balaban J connectivity index is 1.90. The zero-order valence-electron chi connectivity index (χ0n) is 16.3. The maximum absolute atomic E-state index is 12.2. The van der Waals surface area contributed by atoms with E-state index in [1.54, 1.807) is 4.68 Å². The average molecular weight is 376 g/mol. The number of nitrogens with one attached hydrogen (secondary N) is 1. The van der Waals surface area contributed by atoms with Gasteiger partial charge in [-0.3, -0.25) is 4.79 Å². The van der Waals surface area contributed by atoms with Crippen molar-refractivity contribution in [1.82, 2.24) is 25.5 Å². The van der Waals surface area contributed by atoms with Gasteiger partial charge in [0.25, 0.3) is 0 Å². The maximum atomic E-state index is 12.2. The summed E-state index contributed by atoms with van der Waals surface area (Å²) >= 11 is 1.36. The minimum absolute atomic E-state index is 0.0163. The molecule has 2 aromatic rings. The molecule has 0 aliphatic heterocycles. The zero-order chi connectivity index (χ0) is 19.1. The third-order valence-electron chi connectivity index (χ3n) is 4.40. The Kier molecular flexibility index (Phi) is 7.63. The van der Waals surface area contributed by atoms with Crippen molar-refractivity contribution >= 4 is 17.7 Å². The summed E-state index contributed by atoms with van der Waals surface area (Å²) in [4.78, 5) is 12.2. The monoisotopic (exact) mass is 375 g/mol. The van der Waals surface area contributed by atoms with Crippen LogP contribution >= 0.6 is 11.8 Å². The standard InChI is InChI=1S/C19H29N5OS/c1-13(2)8-6-10-15(4)20-18(25)12-26-19-21-22-23-24(19)17-11-7-9-14(3)16(17)5/h7,9,11,13,15H,6,8,10,12H2,1-5H3,(H,20,25). The lowest BCUT2D eigenvalue weighted by molar-refractivity contribution is -0.119. The number of aryl methyl sites for hydroxylation is 1. The maximum Gasteiger partial charge on any atom is 0.230 e. The van der Waals surface area contributed by atoms with E-state index in [-0.39, 0.29) is 11.9 Å². The SMILES string of the molecule is Cc1cccc(-n2nnnc2SCC(=O)NC(C)CCCC(C)C)c1C. The molecule has 1 aromatic heterocycles. The summed E-state index contributed by atoms with van der Waals surface area (Å²) in [5, 5.41) is 15.6. The Morgan fingerprint density at radius 1 is 1.23 bits per heavy atom. The highest BCUT2D eigenvalue weighted by molar-refractivity contribution is 7.99. The van der Waals surface area contributed by atoms with Crippen molar-refractivity contribution < 1.29 is 4.79 Å². The van der Waals surface area contributed by atoms with Crippen LogP contribution in [0.2, 0.25) is 0 Å². The molecule has 1 N–H and O–H groups in total. The minimum Gasteiger partial charge on any atom is -0.353 e. The van der Waals surface area contributed by atoms with Crippen molar-refractivity contribution in [3.63, 3.8) is 0 Å². The second kappa shape index (κ2) is 9.71. The van der Waals surface area contributed by atoms with E-state index in [0.29, 0.717) is 16.8 Å². The van der Waals surface area contributed by atoms with Gasteiger partial charge in [-0.05, 0) is 60.7 Å². The Hall–Kier alpha value is -1.89. The van der Waals surface area contributed by atoms with Crippen LogP contribution in [0.5, 0.6) is 0 Å². The Morgan fingerprint density at radius 2 is 2.00 bits per heavy atom. The number of aromatic nitrogens is 4. The van der Waals surface area contributed by atoms with Gasteiger partial charge in [0.2, 0.25) is 11.1 Å². The van der Waals surface area contributed by atoms with E-state index in [2.05, 4.69) is 54.6 Å². The molecule has 2 rings (SSSR count). The van der Waals surface area contributed by atoms with Gasteiger partial charge >= 0.3 is 0 Å². The molecule has 0 bridgehead atoms. The van der Waals surface area contributed by atoms with Gasteiger partial charge < -0.3 is 5.32 Å². The summed E-state index contributed by atoms with van der Waals surface area (Å²) in [5.74, 6) is 1.03. The van der Waals surface area contributed by atoms with Crippen LogP contribution in [0.1, 0.15) is 51.2 Å². The van der Waals surface area contributed by atoms with E-state index in [4.69, 9.17) is 0 Å². The van der Waals surface area contributed by atoms with Gasteiger partial charge in [-0.25, -0.2) is 0 Å². The molecule has 0 fully saturated rings. The Morgan fingerprint density at radius 3 is 2.73 bits per heavy atom. The number of nitrogens with zero attached hydrogens (tertiary/aromatic N) is 4. The van der Waals surface area contributed by atoms with E-state index in [9.17, 15) is 4.79 Å². The molecule has 0 aliphatic rings. The molecule has 1 aromatic carbocycles. The summed E-state index contributed by atoms with van der Waals surface area (Å²) in [6.07, 6.45) is 3.34. The van der Waals surface area contributed by atoms with Crippen molar-refractivity contribution in [3.8, 4) is 5.69 Å². The first-order valence-corrected chi connectivity index (χ1v) is 10.1. The zero-order valence-corrected chi connectivity index (χ0v) is 17.1. The molecule has 0 saturated heterocycles. The molecule has 1 heterocycles. The van der Waals surface area contributed by atoms with Gasteiger partial charge in [-0.1, -0.05) is 50.6 Å². The first-order valence-electron chi connectivity index (χ1n) is 9.15. The third-order valence-corrected chi connectivity index (χ3v) is 5.32. The lowest BCUT2D eigenvalue weighted by Crippen LogP contribution is -2.33. The summed E-state index contributed by atoms with van der Waals surface area (Å²) in [6.45, 7) is 10.6. The van der Waals surface area contributed by atoms with Crippen LogP contribution in [0.25, 0.3) is 5.69 Å². The fourth-order valence-electron chi connectivity index (χ4n) is 2.74. The molecule has 0 spiro atoms. The molecule has 0 aliphatic carbocycles. The average Bonchev–Trinajstić information content (AvgIpc) is 3.03. The number of tetrazole rings is 1.